The van der Waals surface area contributed by atoms with E-state index in [2.05, 4.69) is 35.8 Å². The van der Waals surface area contributed by atoms with Gasteiger partial charge in [-0.1, -0.05) is 50.5 Å². The third-order valence-electron chi connectivity index (χ3n) is 7.49. The number of hydrogen-bond donors (Lipinski definition) is 0. The van der Waals surface area contributed by atoms with E-state index in [9.17, 15) is 9.59 Å². The third kappa shape index (κ3) is 5.12. The molecule has 6 heteroatoms. The first-order valence-corrected chi connectivity index (χ1v) is 13.3. The van der Waals surface area contributed by atoms with E-state index in [4.69, 9.17) is 4.98 Å². The van der Waals surface area contributed by atoms with Crippen molar-refractivity contribution >= 4 is 28.5 Å². The number of likely N-dealkylation sites (tertiary alicyclic amines) is 1. The molecule has 3 aromatic rings. The van der Waals surface area contributed by atoms with Gasteiger partial charge in [0.2, 0.25) is 11.8 Å². The first-order chi connectivity index (χ1) is 17.1. The minimum Gasteiger partial charge on any atom is -0.341 e. The van der Waals surface area contributed by atoms with Crippen LogP contribution in [-0.4, -0.2) is 45.9 Å². The van der Waals surface area contributed by atoms with Crippen LogP contribution in [0.15, 0.2) is 48.5 Å². The predicted molar refractivity (Wildman–Crippen MR) is 140 cm³/mol. The van der Waals surface area contributed by atoms with Gasteiger partial charge in [0.1, 0.15) is 12.4 Å². The quantitative estimate of drug-likeness (QED) is 0.469. The van der Waals surface area contributed by atoms with Gasteiger partial charge in [-0.05, 0) is 55.5 Å². The van der Waals surface area contributed by atoms with Crippen molar-refractivity contribution in [3.05, 3.63) is 59.9 Å². The zero-order valence-corrected chi connectivity index (χ0v) is 20.8. The van der Waals surface area contributed by atoms with E-state index in [1.807, 2.05) is 34.1 Å². The number of carbonyl (C=O) groups is 2. The van der Waals surface area contributed by atoms with Crippen molar-refractivity contribution in [2.24, 2.45) is 0 Å². The summed E-state index contributed by atoms with van der Waals surface area (Å²) in [6.07, 6.45) is 8.39. The number of aryl methyl sites for hydroxylation is 1. The highest BCUT2D eigenvalue weighted by Crippen LogP contribution is 2.33. The topological polar surface area (TPSA) is 58.4 Å². The number of para-hydroxylation sites is 2. The molecule has 0 aliphatic carbocycles. The summed E-state index contributed by atoms with van der Waals surface area (Å²) in [7, 11) is 0. The molecule has 0 bridgehead atoms. The van der Waals surface area contributed by atoms with Crippen molar-refractivity contribution in [1.82, 2.24) is 14.5 Å². The van der Waals surface area contributed by atoms with Gasteiger partial charge < -0.3 is 14.4 Å². The minimum absolute atomic E-state index is 0.0356. The number of imidazole rings is 1. The van der Waals surface area contributed by atoms with Crippen molar-refractivity contribution in [3.8, 4) is 0 Å². The zero-order chi connectivity index (χ0) is 24.2. The van der Waals surface area contributed by atoms with Crippen LogP contribution >= 0.6 is 0 Å². The number of anilines is 1. The number of unbranched alkanes of at least 4 members (excludes halogenated alkanes) is 1. The van der Waals surface area contributed by atoms with Crippen molar-refractivity contribution in [1.29, 1.82) is 0 Å². The molecule has 1 aromatic heterocycles. The number of fused-ring (bicyclic) bond motifs is 1. The summed E-state index contributed by atoms with van der Waals surface area (Å²) in [5.41, 5.74) is 4.11. The van der Waals surface area contributed by atoms with E-state index in [0.29, 0.717) is 13.0 Å². The van der Waals surface area contributed by atoms with E-state index in [1.54, 1.807) is 0 Å². The van der Waals surface area contributed by atoms with Crippen molar-refractivity contribution in [2.45, 2.75) is 70.8 Å². The Balaban J connectivity index is 1.38. The van der Waals surface area contributed by atoms with Gasteiger partial charge in [-0.25, -0.2) is 4.98 Å². The highest BCUT2D eigenvalue weighted by molar-refractivity contribution is 5.96. The smallest absolute Gasteiger partial charge is 0.242 e. The lowest BCUT2D eigenvalue weighted by Crippen LogP contribution is -2.35. The van der Waals surface area contributed by atoms with Crippen LogP contribution in [-0.2, 0) is 22.6 Å². The Labute approximate surface area is 207 Å². The number of carbonyl (C=O) groups excluding carboxylic acids is 2. The molecule has 0 saturated carbocycles. The van der Waals surface area contributed by atoms with Crippen LogP contribution in [0.1, 0.15) is 69.2 Å². The Morgan fingerprint density at radius 3 is 2.49 bits per heavy atom. The lowest BCUT2D eigenvalue weighted by molar-refractivity contribution is -0.131. The van der Waals surface area contributed by atoms with Gasteiger partial charge in [0.25, 0.3) is 0 Å². The van der Waals surface area contributed by atoms with Crippen LogP contribution in [0.4, 0.5) is 5.69 Å². The molecule has 2 aliphatic heterocycles. The second-order valence-electron chi connectivity index (χ2n) is 10.0. The van der Waals surface area contributed by atoms with Gasteiger partial charge >= 0.3 is 0 Å². The van der Waals surface area contributed by atoms with Crippen LogP contribution in [0.2, 0.25) is 0 Å². The lowest BCUT2D eigenvalue weighted by Gasteiger charge is -2.22. The first-order valence-electron chi connectivity index (χ1n) is 13.3. The summed E-state index contributed by atoms with van der Waals surface area (Å²) < 4.78 is 2.07. The van der Waals surface area contributed by atoms with Crippen LogP contribution in [0, 0.1) is 0 Å². The number of nitrogens with zero attached hydrogens (tertiary/aromatic N) is 4. The maximum absolute atomic E-state index is 13.3. The molecule has 2 aromatic carbocycles. The molecule has 2 aliphatic rings. The Kier molecular flexibility index (Phi) is 7.16. The predicted octanol–water partition coefficient (Wildman–Crippen LogP) is 5.30. The van der Waals surface area contributed by atoms with E-state index in [-0.39, 0.29) is 24.3 Å². The second kappa shape index (κ2) is 10.6. The van der Waals surface area contributed by atoms with Crippen molar-refractivity contribution in [3.63, 3.8) is 0 Å². The molecule has 2 fully saturated rings. The third-order valence-corrected chi connectivity index (χ3v) is 7.49. The van der Waals surface area contributed by atoms with Gasteiger partial charge in [0, 0.05) is 37.7 Å². The van der Waals surface area contributed by atoms with Gasteiger partial charge in [0.15, 0.2) is 0 Å². The maximum Gasteiger partial charge on any atom is 0.242 e. The fraction of sp³-hybridized carbons (Fsp3) is 0.483. The van der Waals surface area contributed by atoms with E-state index in [1.165, 1.54) is 31.2 Å². The summed E-state index contributed by atoms with van der Waals surface area (Å²) in [6.45, 7) is 4.75. The SMILES string of the molecule is CCCCc1ccc(N2C[C@@H](c3nc4ccccc4n3CC(=O)N3CCCCCC3)CC2=O)cc1. The van der Waals surface area contributed by atoms with Crippen LogP contribution in [0.3, 0.4) is 0 Å². The molecular formula is C29H36N4O2. The molecule has 2 saturated heterocycles. The molecule has 1 atom stereocenters. The van der Waals surface area contributed by atoms with Crippen LogP contribution in [0.25, 0.3) is 11.0 Å². The summed E-state index contributed by atoms with van der Waals surface area (Å²) in [4.78, 5) is 35.2. The Bertz CT molecular complexity index is 1180. The molecule has 3 heterocycles. The minimum atomic E-state index is -0.0356. The lowest BCUT2D eigenvalue weighted by atomic mass is 10.1. The average Bonchev–Trinajstić information content (AvgIpc) is 3.30. The molecule has 0 N–H and O–H groups in total. The number of aromatic nitrogens is 2. The first kappa shape index (κ1) is 23.6. The Morgan fingerprint density at radius 2 is 1.74 bits per heavy atom. The van der Waals surface area contributed by atoms with Crippen molar-refractivity contribution in [2.75, 3.05) is 24.5 Å². The highest BCUT2D eigenvalue weighted by atomic mass is 16.2. The van der Waals surface area contributed by atoms with Gasteiger partial charge in [0.05, 0.1) is 11.0 Å². The molecule has 0 unspecified atom stereocenters. The largest absolute Gasteiger partial charge is 0.341 e. The summed E-state index contributed by atoms with van der Waals surface area (Å²) in [5, 5.41) is 0. The summed E-state index contributed by atoms with van der Waals surface area (Å²) in [6, 6.07) is 16.4. The van der Waals surface area contributed by atoms with Crippen LogP contribution in [0.5, 0.6) is 0 Å². The molecular weight excluding hydrogens is 436 g/mol. The van der Waals surface area contributed by atoms with Crippen LogP contribution < -0.4 is 4.90 Å². The average molecular weight is 473 g/mol. The Morgan fingerprint density at radius 1 is 1.00 bits per heavy atom. The fourth-order valence-electron chi connectivity index (χ4n) is 5.48. The number of hydrogen-bond acceptors (Lipinski definition) is 3. The van der Waals surface area contributed by atoms with Gasteiger partial charge in [-0.3, -0.25) is 9.59 Å². The molecule has 35 heavy (non-hydrogen) atoms. The molecule has 0 radical (unpaired) electrons. The molecule has 184 valence electrons. The standard InChI is InChI=1S/C29H36N4O2/c1-2-3-10-22-13-15-24(16-14-22)32-20-23(19-27(32)34)29-30-25-11-6-7-12-26(25)33(29)21-28(35)31-17-8-4-5-9-18-31/h6-7,11-16,23H,2-5,8-10,17-21H2,1H3/t23-/m0/s1. The normalized spacial score (nSPS) is 18.9. The molecule has 2 amide bonds. The summed E-state index contributed by atoms with van der Waals surface area (Å²) >= 11 is 0. The summed E-state index contributed by atoms with van der Waals surface area (Å²) in [5.74, 6) is 1.09. The van der Waals surface area contributed by atoms with E-state index in [0.717, 1.165) is 54.9 Å². The Hall–Kier alpha value is -3.15. The molecule has 6 nitrogen and oxygen atoms in total. The number of amides is 2. The second-order valence-corrected chi connectivity index (χ2v) is 10.0. The highest BCUT2D eigenvalue weighted by Gasteiger charge is 2.35. The monoisotopic (exact) mass is 472 g/mol. The zero-order valence-electron chi connectivity index (χ0n) is 20.8. The maximum atomic E-state index is 13.3. The molecule has 0 spiro atoms. The molecule has 5 rings (SSSR count). The van der Waals surface area contributed by atoms with E-state index >= 15 is 0 Å². The fourth-order valence-corrected chi connectivity index (χ4v) is 5.48. The number of benzene rings is 2. The van der Waals surface area contributed by atoms with Gasteiger partial charge in [-0.2, -0.15) is 0 Å². The van der Waals surface area contributed by atoms with E-state index < -0.39 is 0 Å². The van der Waals surface area contributed by atoms with Gasteiger partial charge in [-0.15, -0.1) is 0 Å². The van der Waals surface area contributed by atoms with Crippen molar-refractivity contribution < 1.29 is 9.59 Å². The number of rotatable bonds is 7.